The zero-order valence-electron chi connectivity index (χ0n) is 11.1. The summed E-state index contributed by atoms with van der Waals surface area (Å²) >= 11 is 0. The van der Waals surface area contributed by atoms with E-state index in [-0.39, 0.29) is 5.91 Å². The first-order valence-electron chi connectivity index (χ1n) is 6.36. The van der Waals surface area contributed by atoms with Crippen molar-refractivity contribution in [3.05, 3.63) is 54.1 Å². The predicted molar refractivity (Wildman–Crippen MR) is 78.0 cm³/mol. The average Bonchev–Trinajstić information content (AvgIpc) is 2.39. The number of aryl methyl sites for hydroxylation is 1. The summed E-state index contributed by atoms with van der Waals surface area (Å²) < 4.78 is 0. The second-order valence-electron chi connectivity index (χ2n) is 4.91. The second kappa shape index (κ2) is 4.43. The molecule has 2 aromatic rings. The van der Waals surface area contributed by atoms with Gasteiger partial charge in [0.25, 0.3) is 5.91 Å². The zero-order valence-corrected chi connectivity index (χ0v) is 11.1. The molecule has 0 N–H and O–H groups in total. The fourth-order valence-corrected chi connectivity index (χ4v) is 2.52. The van der Waals surface area contributed by atoms with E-state index < -0.39 is 0 Å². The molecule has 3 rings (SSSR count). The minimum atomic E-state index is 0.104. The van der Waals surface area contributed by atoms with E-state index >= 15 is 0 Å². The third-order valence-corrected chi connectivity index (χ3v) is 3.42. The van der Waals surface area contributed by atoms with Crippen molar-refractivity contribution >= 4 is 23.0 Å². The van der Waals surface area contributed by atoms with Crippen LogP contribution in [0.4, 0.5) is 17.1 Å². The standard InChI is InChI=1S/C16H16N2O/c1-12-6-5-7-13(10-12)18-15-9-4-3-8-14(15)17(2)11-16(18)19/h3-10H,11H2,1-2H3. The first-order valence-corrected chi connectivity index (χ1v) is 6.36. The fourth-order valence-electron chi connectivity index (χ4n) is 2.52. The molecule has 0 spiro atoms. The van der Waals surface area contributed by atoms with Crippen LogP contribution in [0.1, 0.15) is 5.56 Å². The number of likely N-dealkylation sites (N-methyl/N-ethyl adjacent to an activating group) is 1. The third kappa shape index (κ3) is 1.97. The van der Waals surface area contributed by atoms with Gasteiger partial charge < -0.3 is 4.90 Å². The highest BCUT2D eigenvalue weighted by atomic mass is 16.2. The van der Waals surface area contributed by atoms with E-state index in [0.29, 0.717) is 6.54 Å². The molecule has 0 aliphatic carbocycles. The number of hydrogen-bond acceptors (Lipinski definition) is 2. The lowest BCUT2D eigenvalue weighted by atomic mass is 10.1. The molecule has 0 aromatic heterocycles. The Morgan fingerprint density at radius 2 is 1.74 bits per heavy atom. The highest BCUT2D eigenvalue weighted by Gasteiger charge is 2.27. The van der Waals surface area contributed by atoms with Gasteiger partial charge in [-0.25, -0.2) is 0 Å². The van der Waals surface area contributed by atoms with Gasteiger partial charge >= 0.3 is 0 Å². The normalized spacial score (nSPS) is 14.5. The molecule has 0 saturated heterocycles. The first kappa shape index (κ1) is 11.8. The summed E-state index contributed by atoms with van der Waals surface area (Å²) in [6.07, 6.45) is 0. The minimum Gasteiger partial charge on any atom is -0.364 e. The van der Waals surface area contributed by atoms with Gasteiger partial charge in [-0.1, -0.05) is 24.3 Å². The molecule has 0 saturated carbocycles. The molecular formula is C16H16N2O. The number of carbonyl (C=O) groups is 1. The molecule has 3 heteroatoms. The Hall–Kier alpha value is -2.29. The van der Waals surface area contributed by atoms with Gasteiger partial charge in [0.2, 0.25) is 0 Å². The van der Waals surface area contributed by atoms with Crippen LogP contribution in [-0.4, -0.2) is 19.5 Å². The van der Waals surface area contributed by atoms with Gasteiger partial charge in [-0.15, -0.1) is 0 Å². The Kier molecular flexibility index (Phi) is 2.75. The lowest BCUT2D eigenvalue weighted by molar-refractivity contribution is -0.116. The van der Waals surface area contributed by atoms with Crippen molar-refractivity contribution < 1.29 is 4.79 Å². The lowest BCUT2D eigenvalue weighted by Gasteiger charge is -2.35. The number of nitrogens with zero attached hydrogens (tertiary/aromatic N) is 2. The van der Waals surface area contributed by atoms with Crippen LogP contribution in [0.2, 0.25) is 0 Å². The summed E-state index contributed by atoms with van der Waals surface area (Å²) in [5.74, 6) is 0.104. The summed E-state index contributed by atoms with van der Waals surface area (Å²) in [7, 11) is 1.95. The van der Waals surface area contributed by atoms with Gasteiger partial charge in [0, 0.05) is 12.7 Å². The lowest BCUT2D eigenvalue weighted by Crippen LogP contribution is -2.41. The number of amides is 1. The van der Waals surface area contributed by atoms with Gasteiger partial charge in [0.1, 0.15) is 0 Å². The molecular weight excluding hydrogens is 236 g/mol. The van der Waals surface area contributed by atoms with Crippen LogP contribution < -0.4 is 9.80 Å². The topological polar surface area (TPSA) is 23.6 Å². The van der Waals surface area contributed by atoms with E-state index in [1.165, 1.54) is 0 Å². The van der Waals surface area contributed by atoms with Crippen molar-refractivity contribution in [3.8, 4) is 0 Å². The van der Waals surface area contributed by atoms with E-state index in [0.717, 1.165) is 22.6 Å². The minimum absolute atomic E-state index is 0.104. The molecule has 0 radical (unpaired) electrons. The smallest absolute Gasteiger partial charge is 0.251 e. The number of benzene rings is 2. The number of anilines is 3. The maximum atomic E-state index is 12.4. The highest BCUT2D eigenvalue weighted by Crippen LogP contribution is 2.37. The van der Waals surface area contributed by atoms with E-state index in [4.69, 9.17) is 0 Å². The van der Waals surface area contributed by atoms with Crippen molar-refractivity contribution in [1.82, 2.24) is 0 Å². The Labute approximate surface area is 113 Å². The van der Waals surface area contributed by atoms with E-state index in [1.54, 1.807) is 0 Å². The number of hydrogen-bond donors (Lipinski definition) is 0. The van der Waals surface area contributed by atoms with E-state index in [2.05, 4.69) is 0 Å². The third-order valence-electron chi connectivity index (χ3n) is 3.42. The summed E-state index contributed by atoms with van der Waals surface area (Å²) in [5.41, 5.74) is 4.13. The quantitative estimate of drug-likeness (QED) is 0.778. The Morgan fingerprint density at radius 1 is 1.00 bits per heavy atom. The largest absolute Gasteiger partial charge is 0.364 e. The molecule has 1 aliphatic rings. The van der Waals surface area contributed by atoms with Crippen LogP contribution in [0, 0.1) is 6.92 Å². The van der Waals surface area contributed by atoms with Gasteiger partial charge in [-0.3, -0.25) is 9.69 Å². The fraction of sp³-hybridized carbons (Fsp3) is 0.188. The molecule has 0 atom stereocenters. The van der Waals surface area contributed by atoms with Crippen molar-refractivity contribution in [2.24, 2.45) is 0 Å². The molecule has 1 heterocycles. The molecule has 96 valence electrons. The Bertz CT molecular complexity index is 636. The van der Waals surface area contributed by atoms with Crippen molar-refractivity contribution in [2.45, 2.75) is 6.92 Å². The number of fused-ring (bicyclic) bond motifs is 1. The van der Waals surface area contributed by atoms with Crippen LogP contribution in [0.5, 0.6) is 0 Å². The number of para-hydroxylation sites is 2. The van der Waals surface area contributed by atoms with Crippen molar-refractivity contribution in [1.29, 1.82) is 0 Å². The molecule has 0 bridgehead atoms. The number of carbonyl (C=O) groups excluding carboxylic acids is 1. The van der Waals surface area contributed by atoms with Crippen LogP contribution in [0.15, 0.2) is 48.5 Å². The SMILES string of the molecule is Cc1cccc(N2C(=O)CN(C)c3ccccc32)c1. The van der Waals surface area contributed by atoms with Crippen molar-refractivity contribution in [2.75, 3.05) is 23.4 Å². The Balaban J connectivity index is 2.15. The summed E-state index contributed by atoms with van der Waals surface area (Å²) in [4.78, 5) is 16.2. The zero-order chi connectivity index (χ0) is 13.4. The summed E-state index contributed by atoms with van der Waals surface area (Å²) in [6.45, 7) is 2.45. The van der Waals surface area contributed by atoms with Crippen LogP contribution >= 0.6 is 0 Å². The van der Waals surface area contributed by atoms with Crippen LogP contribution in [0.25, 0.3) is 0 Å². The molecule has 1 aliphatic heterocycles. The number of rotatable bonds is 1. The summed E-state index contributed by atoms with van der Waals surface area (Å²) in [6, 6.07) is 16.0. The molecule has 3 nitrogen and oxygen atoms in total. The molecule has 2 aromatic carbocycles. The van der Waals surface area contributed by atoms with E-state index in [9.17, 15) is 4.79 Å². The van der Waals surface area contributed by atoms with E-state index in [1.807, 2.05) is 72.3 Å². The first-order chi connectivity index (χ1) is 9.16. The maximum absolute atomic E-state index is 12.4. The van der Waals surface area contributed by atoms with Crippen LogP contribution in [0.3, 0.4) is 0 Å². The Morgan fingerprint density at radius 3 is 2.47 bits per heavy atom. The second-order valence-corrected chi connectivity index (χ2v) is 4.91. The average molecular weight is 252 g/mol. The summed E-state index contributed by atoms with van der Waals surface area (Å²) in [5, 5.41) is 0. The monoisotopic (exact) mass is 252 g/mol. The van der Waals surface area contributed by atoms with Crippen LogP contribution in [-0.2, 0) is 4.79 Å². The van der Waals surface area contributed by atoms with Crippen molar-refractivity contribution in [3.63, 3.8) is 0 Å². The van der Waals surface area contributed by atoms with Gasteiger partial charge in [0.05, 0.1) is 17.9 Å². The molecule has 1 amide bonds. The van der Waals surface area contributed by atoms with Gasteiger partial charge in [-0.2, -0.15) is 0 Å². The molecule has 0 unspecified atom stereocenters. The highest BCUT2D eigenvalue weighted by molar-refractivity contribution is 6.08. The molecule has 0 fully saturated rings. The predicted octanol–water partition coefficient (Wildman–Crippen LogP) is 3.11. The van der Waals surface area contributed by atoms with Gasteiger partial charge in [0.15, 0.2) is 0 Å². The van der Waals surface area contributed by atoms with Gasteiger partial charge in [-0.05, 0) is 36.8 Å². The maximum Gasteiger partial charge on any atom is 0.251 e. The molecule has 19 heavy (non-hydrogen) atoms.